The number of carbonyl (C=O) groups excluding carboxylic acids is 1. The van der Waals surface area contributed by atoms with Crippen LogP contribution in [0.3, 0.4) is 0 Å². The van der Waals surface area contributed by atoms with Crippen molar-refractivity contribution in [3.05, 3.63) is 49.6 Å². The molecule has 1 aromatic heterocycles. The van der Waals surface area contributed by atoms with Crippen LogP contribution in [0.5, 0.6) is 0 Å². The molecule has 0 unspecified atom stereocenters. The fourth-order valence-corrected chi connectivity index (χ4v) is 4.46. The number of rotatable bonds is 2. The molecule has 0 fully saturated rings. The topological polar surface area (TPSA) is 29.1 Å². The van der Waals surface area contributed by atoms with Crippen LogP contribution in [-0.2, 0) is 12.8 Å². The van der Waals surface area contributed by atoms with Gasteiger partial charge >= 0.3 is 0 Å². The summed E-state index contributed by atoms with van der Waals surface area (Å²) in [5, 5.41) is 5.87. The Hall–Kier alpha value is -1.03. The van der Waals surface area contributed by atoms with Gasteiger partial charge < -0.3 is 5.32 Å². The molecule has 0 bridgehead atoms. The quantitative estimate of drug-likeness (QED) is 0.776. The molecule has 3 rings (SSSR count). The predicted molar refractivity (Wildman–Crippen MR) is 89.9 cm³/mol. The largest absolute Gasteiger partial charge is 0.322 e. The van der Waals surface area contributed by atoms with E-state index in [-0.39, 0.29) is 5.91 Å². The smallest absolute Gasteiger partial charge is 0.256 e. The van der Waals surface area contributed by atoms with Crippen molar-refractivity contribution in [3.63, 3.8) is 0 Å². The van der Waals surface area contributed by atoms with Crippen LogP contribution in [0.15, 0.2) is 23.6 Å². The first kappa shape index (κ1) is 14.9. The van der Waals surface area contributed by atoms with E-state index in [0.717, 1.165) is 24.8 Å². The fraction of sp³-hybridized carbons (Fsp3) is 0.312. The normalized spacial score (nSPS) is 17.4. The minimum atomic E-state index is -0.0830. The number of hydrogen-bond donors (Lipinski definition) is 1. The van der Waals surface area contributed by atoms with Crippen molar-refractivity contribution in [2.75, 3.05) is 5.32 Å². The summed E-state index contributed by atoms with van der Waals surface area (Å²) in [5.41, 5.74) is 2.63. The third kappa shape index (κ3) is 3.25. The van der Waals surface area contributed by atoms with Gasteiger partial charge in [-0.05, 0) is 48.9 Å². The molecule has 1 heterocycles. The highest BCUT2D eigenvalue weighted by Gasteiger charge is 2.23. The lowest BCUT2D eigenvalue weighted by Gasteiger charge is -2.18. The minimum absolute atomic E-state index is 0.0830. The van der Waals surface area contributed by atoms with Crippen LogP contribution in [0.25, 0.3) is 0 Å². The number of nitrogens with one attached hydrogen (secondary N) is 1. The highest BCUT2D eigenvalue weighted by Crippen LogP contribution is 2.33. The van der Waals surface area contributed by atoms with Crippen molar-refractivity contribution in [2.24, 2.45) is 5.92 Å². The van der Waals surface area contributed by atoms with Gasteiger partial charge in [0.05, 0.1) is 5.56 Å². The molecule has 0 spiro atoms. The van der Waals surface area contributed by atoms with Crippen molar-refractivity contribution < 1.29 is 4.79 Å². The first-order valence-electron chi connectivity index (χ1n) is 6.89. The van der Waals surface area contributed by atoms with Crippen LogP contribution in [0.1, 0.15) is 34.1 Å². The Morgan fingerprint density at radius 3 is 2.71 bits per heavy atom. The monoisotopic (exact) mass is 339 g/mol. The summed E-state index contributed by atoms with van der Waals surface area (Å²) in [7, 11) is 0. The minimum Gasteiger partial charge on any atom is -0.322 e. The Kier molecular flexibility index (Phi) is 4.25. The summed E-state index contributed by atoms with van der Waals surface area (Å²) in [6.45, 7) is 2.26. The van der Waals surface area contributed by atoms with Gasteiger partial charge in [-0.2, -0.15) is 0 Å². The molecular weight excluding hydrogens is 325 g/mol. The van der Waals surface area contributed by atoms with E-state index >= 15 is 0 Å². The molecular formula is C16H15Cl2NOS. The Balaban J connectivity index is 1.83. The average Bonchev–Trinajstić information content (AvgIpc) is 2.80. The van der Waals surface area contributed by atoms with E-state index in [0.29, 0.717) is 21.7 Å². The summed E-state index contributed by atoms with van der Waals surface area (Å²) >= 11 is 13.6. The summed E-state index contributed by atoms with van der Waals surface area (Å²) in [4.78, 5) is 13.8. The zero-order chi connectivity index (χ0) is 15.0. The molecule has 1 N–H and O–H groups in total. The molecule has 1 aliphatic rings. The molecule has 0 saturated carbocycles. The van der Waals surface area contributed by atoms with Crippen LogP contribution in [0.4, 0.5) is 5.69 Å². The standard InChI is InChI=1S/C16H15Cl2NOS/c1-9-2-3-13-14(8-21-15(13)4-9)16(20)19-12-6-10(17)5-11(18)7-12/h5-9H,2-4H2,1H3,(H,19,20)/t9-/m1/s1. The van der Waals surface area contributed by atoms with Gasteiger partial charge in [-0.1, -0.05) is 30.1 Å². The molecule has 1 atom stereocenters. The number of hydrogen-bond acceptors (Lipinski definition) is 2. The van der Waals surface area contributed by atoms with Gasteiger partial charge in [-0.3, -0.25) is 4.79 Å². The number of anilines is 1. The number of benzene rings is 1. The van der Waals surface area contributed by atoms with Crippen LogP contribution < -0.4 is 5.32 Å². The van der Waals surface area contributed by atoms with Gasteiger partial charge in [0.2, 0.25) is 0 Å². The highest BCUT2D eigenvalue weighted by atomic mass is 35.5. The zero-order valence-corrected chi connectivity index (χ0v) is 13.9. The molecule has 1 aliphatic carbocycles. The molecule has 5 heteroatoms. The first-order valence-corrected chi connectivity index (χ1v) is 8.53. The summed E-state index contributed by atoms with van der Waals surface area (Å²) in [6.07, 6.45) is 3.21. The van der Waals surface area contributed by atoms with E-state index in [1.807, 2.05) is 5.38 Å². The van der Waals surface area contributed by atoms with Crippen molar-refractivity contribution in [1.29, 1.82) is 0 Å². The Bertz CT molecular complexity index is 675. The highest BCUT2D eigenvalue weighted by molar-refractivity contribution is 7.10. The lowest BCUT2D eigenvalue weighted by Crippen LogP contribution is -2.16. The van der Waals surface area contributed by atoms with Gasteiger partial charge in [-0.15, -0.1) is 11.3 Å². The zero-order valence-electron chi connectivity index (χ0n) is 11.6. The van der Waals surface area contributed by atoms with E-state index < -0.39 is 0 Å². The van der Waals surface area contributed by atoms with Crippen molar-refractivity contribution >= 4 is 46.1 Å². The third-order valence-electron chi connectivity index (χ3n) is 3.77. The van der Waals surface area contributed by atoms with E-state index in [4.69, 9.17) is 23.2 Å². The molecule has 1 amide bonds. The van der Waals surface area contributed by atoms with Crippen LogP contribution in [0.2, 0.25) is 10.0 Å². The van der Waals surface area contributed by atoms with Gasteiger partial charge in [-0.25, -0.2) is 0 Å². The maximum atomic E-state index is 12.5. The molecule has 0 aliphatic heterocycles. The lowest BCUT2D eigenvalue weighted by atomic mass is 9.88. The SMILES string of the molecule is C[C@@H]1CCc2c(C(=O)Nc3cc(Cl)cc(Cl)c3)csc2C1. The van der Waals surface area contributed by atoms with Gasteiger partial charge in [0.15, 0.2) is 0 Å². The molecule has 0 radical (unpaired) electrons. The number of carbonyl (C=O) groups is 1. The summed E-state index contributed by atoms with van der Waals surface area (Å²) < 4.78 is 0. The summed E-state index contributed by atoms with van der Waals surface area (Å²) in [6, 6.07) is 5.05. The lowest BCUT2D eigenvalue weighted by molar-refractivity contribution is 0.102. The second kappa shape index (κ2) is 5.99. The number of thiophene rings is 1. The van der Waals surface area contributed by atoms with Crippen LogP contribution >= 0.6 is 34.5 Å². The molecule has 2 aromatic rings. The van der Waals surface area contributed by atoms with E-state index in [1.165, 1.54) is 10.4 Å². The molecule has 0 saturated heterocycles. The third-order valence-corrected chi connectivity index (χ3v) is 5.25. The Morgan fingerprint density at radius 2 is 2.00 bits per heavy atom. The molecule has 110 valence electrons. The molecule has 1 aromatic carbocycles. The van der Waals surface area contributed by atoms with Gasteiger partial charge in [0.1, 0.15) is 0 Å². The maximum absolute atomic E-state index is 12.5. The Morgan fingerprint density at radius 1 is 1.29 bits per heavy atom. The second-order valence-electron chi connectivity index (χ2n) is 5.51. The van der Waals surface area contributed by atoms with Crippen molar-refractivity contribution in [3.8, 4) is 0 Å². The molecule has 2 nitrogen and oxygen atoms in total. The van der Waals surface area contributed by atoms with Gasteiger partial charge in [0.25, 0.3) is 5.91 Å². The van der Waals surface area contributed by atoms with E-state index in [1.54, 1.807) is 29.5 Å². The van der Waals surface area contributed by atoms with E-state index in [9.17, 15) is 4.79 Å². The van der Waals surface area contributed by atoms with Crippen molar-refractivity contribution in [1.82, 2.24) is 0 Å². The molecule has 21 heavy (non-hydrogen) atoms. The Labute approximate surface area is 138 Å². The number of fused-ring (bicyclic) bond motifs is 1. The van der Waals surface area contributed by atoms with Crippen LogP contribution in [-0.4, -0.2) is 5.91 Å². The van der Waals surface area contributed by atoms with Crippen molar-refractivity contribution in [2.45, 2.75) is 26.2 Å². The predicted octanol–water partition coefficient (Wildman–Crippen LogP) is 5.43. The fourth-order valence-electron chi connectivity index (χ4n) is 2.69. The van der Waals surface area contributed by atoms with E-state index in [2.05, 4.69) is 12.2 Å². The average molecular weight is 340 g/mol. The van der Waals surface area contributed by atoms with Crippen LogP contribution in [0, 0.1) is 5.92 Å². The summed E-state index contributed by atoms with van der Waals surface area (Å²) in [5.74, 6) is 0.624. The second-order valence-corrected chi connectivity index (χ2v) is 7.35. The number of halogens is 2. The maximum Gasteiger partial charge on any atom is 0.256 e. The van der Waals surface area contributed by atoms with Gasteiger partial charge in [0, 0.05) is 26.0 Å². The number of amides is 1. The first-order chi connectivity index (χ1) is 10.0.